The highest BCUT2D eigenvalue weighted by Crippen LogP contribution is 2.22. The molecule has 0 radical (unpaired) electrons. The lowest BCUT2D eigenvalue weighted by Crippen LogP contribution is -2.15. The van der Waals surface area contributed by atoms with E-state index in [0.717, 1.165) is 28.7 Å². The Balaban J connectivity index is 1.78. The maximum atomic E-state index is 5.90. The van der Waals surface area contributed by atoms with Gasteiger partial charge in [-0.05, 0) is 42.2 Å². The van der Waals surface area contributed by atoms with Crippen molar-refractivity contribution in [1.82, 2.24) is 10.3 Å². The van der Waals surface area contributed by atoms with Crippen molar-refractivity contribution in [2.24, 2.45) is 0 Å². The highest BCUT2D eigenvalue weighted by Gasteiger charge is 2.19. The smallest absolute Gasteiger partial charge is 0.0406 e. The molecule has 3 heteroatoms. The molecule has 1 aromatic heterocycles. The molecule has 92 valence electrons. The van der Waals surface area contributed by atoms with Gasteiger partial charge >= 0.3 is 0 Å². The average molecular weight is 259 g/mol. The molecule has 0 bridgehead atoms. The van der Waals surface area contributed by atoms with Crippen LogP contribution in [0.15, 0.2) is 42.7 Å². The van der Waals surface area contributed by atoms with Crippen LogP contribution in [0.1, 0.15) is 18.4 Å². The van der Waals surface area contributed by atoms with Gasteiger partial charge in [0.2, 0.25) is 0 Å². The van der Waals surface area contributed by atoms with Crippen molar-refractivity contribution in [2.75, 3.05) is 0 Å². The van der Waals surface area contributed by atoms with E-state index in [1.165, 1.54) is 18.4 Å². The third-order valence-corrected chi connectivity index (χ3v) is 3.40. The lowest BCUT2D eigenvalue weighted by atomic mass is 10.1. The molecule has 1 N–H and O–H groups in total. The van der Waals surface area contributed by atoms with Crippen LogP contribution >= 0.6 is 11.6 Å². The number of pyridine rings is 1. The quantitative estimate of drug-likeness (QED) is 0.905. The summed E-state index contributed by atoms with van der Waals surface area (Å²) in [5.74, 6) is 0. The molecule has 0 saturated heterocycles. The Hall–Kier alpha value is -1.38. The number of hydrogen-bond donors (Lipinski definition) is 1. The van der Waals surface area contributed by atoms with E-state index in [1.807, 2.05) is 36.7 Å². The summed E-state index contributed by atoms with van der Waals surface area (Å²) < 4.78 is 0. The first-order valence-corrected chi connectivity index (χ1v) is 6.62. The summed E-state index contributed by atoms with van der Waals surface area (Å²) >= 11 is 5.90. The third-order valence-electron chi connectivity index (χ3n) is 3.14. The monoisotopic (exact) mass is 258 g/mol. The zero-order valence-electron chi connectivity index (χ0n) is 10.1. The summed E-state index contributed by atoms with van der Waals surface area (Å²) in [7, 11) is 0. The van der Waals surface area contributed by atoms with Gasteiger partial charge in [0.15, 0.2) is 0 Å². The summed E-state index contributed by atoms with van der Waals surface area (Å²) in [6, 6.07) is 10.8. The minimum absolute atomic E-state index is 0.726. The predicted molar refractivity (Wildman–Crippen MR) is 74.5 cm³/mol. The van der Waals surface area contributed by atoms with Gasteiger partial charge in [0.1, 0.15) is 0 Å². The lowest BCUT2D eigenvalue weighted by molar-refractivity contribution is 0.686. The molecule has 1 aromatic carbocycles. The van der Waals surface area contributed by atoms with Crippen LogP contribution in [0.5, 0.6) is 0 Å². The van der Waals surface area contributed by atoms with Crippen LogP contribution in [0.25, 0.3) is 11.1 Å². The van der Waals surface area contributed by atoms with Gasteiger partial charge in [-0.1, -0.05) is 23.7 Å². The van der Waals surface area contributed by atoms with E-state index in [1.54, 1.807) is 0 Å². The molecule has 0 unspecified atom stereocenters. The molecule has 1 saturated carbocycles. The van der Waals surface area contributed by atoms with E-state index < -0.39 is 0 Å². The first kappa shape index (κ1) is 11.7. The fourth-order valence-corrected chi connectivity index (χ4v) is 2.06. The second-order valence-electron chi connectivity index (χ2n) is 4.74. The van der Waals surface area contributed by atoms with E-state index in [4.69, 9.17) is 11.6 Å². The van der Waals surface area contributed by atoms with Crippen molar-refractivity contribution in [2.45, 2.75) is 25.4 Å². The summed E-state index contributed by atoms with van der Waals surface area (Å²) in [6.45, 7) is 0.902. The van der Waals surface area contributed by atoms with E-state index in [2.05, 4.69) is 16.4 Å². The van der Waals surface area contributed by atoms with Crippen molar-refractivity contribution in [1.29, 1.82) is 0 Å². The molecule has 2 nitrogen and oxygen atoms in total. The van der Waals surface area contributed by atoms with Crippen molar-refractivity contribution >= 4 is 11.6 Å². The first-order chi connectivity index (χ1) is 8.81. The second kappa shape index (κ2) is 5.09. The van der Waals surface area contributed by atoms with Crippen LogP contribution in [-0.4, -0.2) is 11.0 Å². The zero-order chi connectivity index (χ0) is 12.4. The number of halogens is 1. The number of aromatic nitrogens is 1. The highest BCUT2D eigenvalue weighted by molar-refractivity contribution is 6.30. The maximum absolute atomic E-state index is 5.90. The number of nitrogens with one attached hydrogen (secondary N) is 1. The Kier molecular flexibility index (Phi) is 3.31. The van der Waals surface area contributed by atoms with Gasteiger partial charge in [0.25, 0.3) is 0 Å². The summed E-state index contributed by atoms with van der Waals surface area (Å²) in [5, 5.41) is 4.26. The zero-order valence-corrected chi connectivity index (χ0v) is 10.8. The molecule has 0 aliphatic heterocycles. The van der Waals surface area contributed by atoms with Crippen LogP contribution in [0.3, 0.4) is 0 Å². The number of rotatable bonds is 4. The number of hydrogen-bond acceptors (Lipinski definition) is 2. The van der Waals surface area contributed by atoms with E-state index in [0.29, 0.717) is 0 Å². The van der Waals surface area contributed by atoms with Crippen LogP contribution in [-0.2, 0) is 6.54 Å². The van der Waals surface area contributed by atoms with E-state index in [9.17, 15) is 0 Å². The van der Waals surface area contributed by atoms with Gasteiger partial charge < -0.3 is 5.32 Å². The molecule has 3 rings (SSSR count). The van der Waals surface area contributed by atoms with Gasteiger partial charge in [0.05, 0.1) is 0 Å². The molecule has 0 atom stereocenters. The Morgan fingerprint density at radius 3 is 2.61 bits per heavy atom. The van der Waals surface area contributed by atoms with Crippen molar-refractivity contribution in [3.05, 3.63) is 53.3 Å². The van der Waals surface area contributed by atoms with E-state index >= 15 is 0 Å². The van der Waals surface area contributed by atoms with Crippen LogP contribution < -0.4 is 5.32 Å². The Bertz CT molecular complexity index is 532. The molecule has 0 spiro atoms. The number of benzene rings is 1. The number of nitrogens with zero attached hydrogens (tertiary/aromatic N) is 1. The first-order valence-electron chi connectivity index (χ1n) is 6.24. The van der Waals surface area contributed by atoms with Crippen LogP contribution in [0.4, 0.5) is 0 Å². The van der Waals surface area contributed by atoms with E-state index in [-0.39, 0.29) is 0 Å². The largest absolute Gasteiger partial charge is 0.310 e. The molecule has 1 aliphatic carbocycles. The topological polar surface area (TPSA) is 24.9 Å². The van der Waals surface area contributed by atoms with Crippen LogP contribution in [0.2, 0.25) is 5.02 Å². The Morgan fingerprint density at radius 2 is 1.89 bits per heavy atom. The van der Waals surface area contributed by atoms with Crippen molar-refractivity contribution in [3.8, 4) is 11.1 Å². The molecular formula is C15H15ClN2. The van der Waals surface area contributed by atoms with Crippen molar-refractivity contribution in [3.63, 3.8) is 0 Å². The molecule has 1 heterocycles. The van der Waals surface area contributed by atoms with Gasteiger partial charge in [-0.2, -0.15) is 0 Å². The summed E-state index contributed by atoms with van der Waals surface area (Å²) in [5.41, 5.74) is 3.52. The summed E-state index contributed by atoms with van der Waals surface area (Å²) in [4.78, 5) is 4.31. The maximum Gasteiger partial charge on any atom is 0.0406 e. The molecule has 18 heavy (non-hydrogen) atoms. The van der Waals surface area contributed by atoms with Gasteiger partial charge in [-0.25, -0.2) is 0 Å². The lowest BCUT2D eigenvalue weighted by Gasteiger charge is -2.06. The molecule has 1 fully saturated rings. The second-order valence-corrected chi connectivity index (χ2v) is 5.18. The molecular weight excluding hydrogens is 244 g/mol. The Morgan fingerprint density at radius 1 is 1.11 bits per heavy atom. The van der Waals surface area contributed by atoms with Crippen molar-refractivity contribution < 1.29 is 0 Å². The normalized spacial score (nSPS) is 14.7. The molecule has 1 aliphatic rings. The summed E-state index contributed by atoms with van der Waals surface area (Å²) in [6.07, 6.45) is 6.44. The SMILES string of the molecule is Clc1ccc(-c2cncc(CNC3CC3)c2)cc1. The Labute approximate surface area is 112 Å². The third kappa shape index (κ3) is 2.89. The standard InChI is InChI=1S/C15H15ClN2/c16-14-3-1-12(2-4-14)13-7-11(8-17-10-13)9-18-15-5-6-15/h1-4,7-8,10,15,18H,5-6,9H2. The minimum atomic E-state index is 0.726. The van der Waals surface area contributed by atoms with Gasteiger partial charge in [0, 0.05) is 35.6 Å². The van der Waals surface area contributed by atoms with Gasteiger partial charge in [-0.3, -0.25) is 4.98 Å². The minimum Gasteiger partial charge on any atom is -0.310 e. The molecule has 2 aromatic rings. The fourth-order valence-electron chi connectivity index (χ4n) is 1.93. The molecule has 0 amide bonds. The average Bonchev–Trinajstić information content (AvgIpc) is 3.22. The highest BCUT2D eigenvalue weighted by atomic mass is 35.5. The predicted octanol–water partition coefficient (Wildman–Crippen LogP) is 3.65. The van der Waals surface area contributed by atoms with Crippen LogP contribution in [0, 0.1) is 0 Å². The van der Waals surface area contributed by atoms with Gasteiger partial charge in [-0.15, -0.1) is 0 Å². The fraction of sp³-hybridized carbons (Fsp3) is 0.267.